The molecule has 120 valence electrons. The molecule has 0 aliphatic carbocycles. The number of urea groups is 1. The van der Waals surface area contributed by atoms with E-state index in [4.69, 9.17) is 4.74 Å². The number of aromatic nitrogens is 1. The molecule has 0 atom stereocenters. The van der Waals surface area contributed by atoms with E-state index >= 15 is 0 Å². The molecule has 1 saturated heterocycles. The molecule has 0 bridgehead atoms. The number of rotatable bonds is 5. The molecule has 1 aromatic heterocycles. The number of nitrogens with one attached hydrogen (secondary N) is 1. The van der Waals surface area contributed by atoms with Gasteiger partial charge < -0.3 is 10.1 Å². The van der Waals surface area contributed by atoms with Crippen LogP contribution in [0.1, 0.15) is 17.7 Å². The summed E-state index contributed by atoms with van der Waals surface area (Å²) in [5.41, 5.74) is 2.85. The highest BCUT2D eigenvalue weighted by atomic mass is 16.5. The maximum absolute atomic E-state index is 11.5. The van der Waals surface area contributed by atoms with Gasteiger partial charge in [0.05, 0.1) is 18.7 Å². The minimum Gasteiger partial charge on any atom is -0.492 e. The highest BCUT2D eigenvalue weighted by Gasteiger charge is 2.27. The first-order valence-corrected chi connectivity index (χ1v) is 7.65. The number of hydrogen-bond donors (Lipinski definition) is 1. The van der Waals surface area contributed by atoms with Crippen molar-refractivity contribution in [2.24, 2.45) is 0 Å². The molecule has 6 heteroatoms. The maximum atomic E-state index is 11.5. The number of carbonyl (C=O) groups excluding carboxylic acids is 2. The summed E-state index contributed by atoms with van der Waals surface area (Å²) in [6.07, 6.45) is 0.592. The van der Waals surface area contributed by atoms with Gasteiger partial charge in [0.15, 0.2) is 0 Å². The third kappa shape index (κ3) is 2.97. The highest BCUT2D eigenvalue weighted by molar-refractivity contribution is 6.01. The van der Waals surface area contributed by atoms with E-state index in [-0.39, 0.29) is 18.5 Å². The molecule has 1 aliphatic rings. The summed E-state index contributed by atoms with van der Waals surface area (Å²) in [5.74, 6) is 0.640. The van der Waals surface area contributed by atoms with Crippen LogP contribution in [0, 0.1) is 13.8 Å². The maximum Gasteiger partial charge on any atom is 0.324 e. The fraction of sp³-hybridized carbons (Fsp3) is 0.353. The topological polar surface area (TPSA) is 71.5 Å². The fourth-order valence-corrected chi connectivity index (χ4v) is 2.66. The molecule has 1 aliphatic heterocycles. The first-order chi connectivity index (χ1) is 11.1. The van der Waals surface area contributed by atoms with Gasteiger partial charge in [0, 0.05) is 23.2 Å². The van der Waals surface area contributed by atoms with Crippen molar-refractivity contribution in [2.45, 2.75) is 20.3 Å². The molecule has 0 saturated carbocycles. The van der Waals surface area contributed by atoms with Crippen LogP contribution in [-0.2, 0) is 4.79 Å². The van der Waals surface area contributed by atoms with Gasteiger partial charge in [-0.1, -0.05) is 12.1 Å². The second-order valence-corrected chi connectivity index (χ2v) is 5.57. The van der Waals surface area contributed by atoms with Crippen LogP contribution in [0.2, 0.25) is 0 Å². The molecule has 2 heterocycles. The molecule has 2 aromatic rings. The molecule has 3 amide bonds. The number of aryl methyl sites for hydroxylation is 1. The smallest absolute Gasteiger partial charge is 0.324 e. The largest absolute Gasteiger partial charge is 0.492 e. The normalized spacial score (nSPS) is 14.4. The first-order valence-electron chi connectivity index (χ1n) is 7.65. The Kier molecular flexibility index (Phi) is 4.14. The van der Waals surface area contributed by atoms with Crippen molar-refractivity contribution < 1.29 is 14.3 Å². The molecule has 0 unspecified atom stereocenters. The van der Waals surface area contributed by atoms with Gasteiger partial charge in [-0.2, -0.15) is 0 Å². The molecular weight excluding hydrogens is 294 g/mol. The van der Waals surface area contributed by atoms with Gasteiger partial charge in [-0.05, 0) is 32.4 Å². The summed E-state index contributed by atoms with van der Waals surface area (Å²) >= 11 is 0. The molecule has 1 aromatic carbocycles. The number of carbonyl (C=O) groups is 2. The van der Waals surface area contributed by atoms with Gasteiger partial charge in [-0.15, -0.1) is 0 Å². The van der Waals surface area contributed by atoms with Gasteiger partial charge in [0.1, 0.15) is 5.75 Å². The standard InChI is InChI=1S/C17H19N3O3/c1-11-12(2)19-14-7-4-3-6-13(14)16(11)23-9-5-8-20-15(21)10-18-17(20)22/h3-4,6-7H,5,8-10H2,1-2H3,(H,18,22). The number of imide groups is 1. The highest BCUT2D eigenvalue weighted by Crippen LogP contribution is 2.30. The zero-order chi connectivity index (χ0) is 16.4. The Balaban J connectivity index is 1.69. The Morgan fingerprint density at radius 1 is 1.26 bits per heavy atom. The number of pyridine rings is 1. The van der Waals surface area contributed by atoms with Crippen molar-refractivity contribution in [2.75, 3.05) is 19.7 Å². The summed E-state index contributed by atoms with van der Waals surface area (Å²) in [5, 5.41) is 3.48. The van der Waals surface area contributed by atoms with Crippen LogP contribution in [0.15, 0.2) is 24.3 Å². The quantitative estimate of drug-likeness (QED) is 0.678. The predicted octanol–water partition coefficient (Wildman–Crippen LogP) is 2.17. The number of ether oxygens (including phenoxy) is 1. The van der Waals surface area contributed by atoms with Crippen LogP contribution in [0.4, 0.5) is 4.79 Å². The van der Waals surface area contributed by atoms with Crippen molar-refractivity contribution in [3.8, 4) is 5.75 Å². The minimum absolute atomic E-state index is 0.0903. The van der Waals surface area contributed by atoms with Crippen LogP contribution >= 0.6 is 0 Å². The number of hydrogen-bond acceptors (Lipinski definition) is 4. The molecule has 6 nitrogen and oxygen atoms in total. The Hall–Kier alpha value is -2.63. The zero-order valence-electron chi connectivity index (χ0n) is 13.3. The summed E-state index contributed by atoms with van der Waals surface area (Å²) < 4.78 is 5.95. The third-order valence-electron chi connectivity index (χ3n) is 4.03. The number of benzene rings is 1. The predicted molar refractivity (Wildman–Crippen MR) is 86.4 cm³/mol. The van der Waals surface area contributed by atoms with E-state index in [1.807, 2.05) is 38.1 Å². The van der Waals surface area contributed by atoms with Crippen molar-refractivity contribution in [1.29, 1.82) is 0 Å². The van der Waals surface area contributed by atoms with Crippen molar-refractivity contribution in [1.82, 2.24) is 15.2 Å². The molecule has 0 radical (unpaired) electrons. The lowest BCUT2D eigenvalue weighted by Gasteiger charge is -2.15. The van der Waals surface area contributed by atoms with Crippen molar-refractivity contribution >= 4 is 22.8 Å². The summed E-state index contributed by atoms with van der Waals surface area (Å²) in [7, 11) is 0. The Labute approximate surface area is 134 Å². The molecular formula is C17H19N3O3. The number of fused-ring (bicyclic) bond motifs is 1. The average Bonchev–Trinajstić information content (AvgIpc) is 2.86. The molecule has 1 fully saturated rings. The Morgan fingerprint density at radius 2 is 2.04 bits per heavy atom. The van der Waals surface area contributed by atoms with Crippen molar-refractivity contribution in [3.05, 3.63) is 35.5 Å². The van der Waals surface area contributed by atoms with E-state index in [9.17, 15) is 9.59 Å². The molecule has 23 heavy (non-hydrogen) atoms. The fourth-order valence-electron chi connectivity index (χ4n) is 2.66. The second kappa shape index (κ2) is 6.24. The number of para-hydroxylation sites is 1. The van der Waals surface area contributed by atoms with Gasteiger partial charge in [0.25, 0.3) is 0 Å². The minimum atomic E-state index is -0.323. The number of amides is 3. The Bertz CT molecular complexity index is 757. The summed E-state index contributed by atoms with van der Waals surface area (Å²) in [4.78, 5) is 28.8. The summed E-state index contributed by atoms with van der Waals surface area (Å²) in [6.45, 7) is 4.84. The lowest BCUT2D eigenvalue weighted by molar-refractivity contribution is -0.125. The van der Waals surface area contributed by atoms with E-state index in [2.05, 4.69) is 10.3 Å². The van der Waals surface area contributed by atoms with Gasteiger partial charge in [0.2, 0.25) is 5.91 Å². The number of nitrogens with zero attached hydrogens (tertiary/aromatic N) is 2. The van der Waals surface area contributed by atoms with Crippen LogP contribution in [-0.4, -0.2) is 41.5 Å². The second-order valence-electron chi connectivity index (χ2n) is 5.57. The molecule has 3 rings (SSSR count). The van der Waals surface area contributed by atoms with Crippen molar-refractivity contribution in [3.63, 3.8) is 0 Å². The summed E-state index contributed by atoms with van der Waals surface area (Å²) in [6, 6.07) is 7.53. The van der Waals surface area contributed by atoms with E-state index in [0.29, 0.717) is 19.6 Å². The van der Waals surface area contributed by atoms with E-state index in [1.165, 1.54) is 4.90 Å². The van der Waals surface area contributed by atoms with Crippen LogP contribution in [0.5, 0.6) is 5.75 Å². The lowest BCUT2D eigenvalue weighted by Crippen LogP contribution is -2.32. The Morgan fingerprint density at radius 3 is 2.78 bits per heavy atom. The zero-order valence-corrected chi connectivity index (χ0v) is 13.3. The molecule has 0 spiro atoms. The van der Waals surface area contributed by atoms with Gasteiger partial charge >= 0.3 is 6.03 Å². The van der Waals surface area contributed by atoms with Gasteiger partial charge in [-0.25, -0.2) is 4.79 Å². The average molecular weight is 313 g/mol. The SMILES string of the molecule is Cc1nc2ccccc2c(OCCCN2C(=O)CNC2=O)c1C. The molecule has 1 N–H and O–H groups in total. The first kappa shape index (κ1) is 15.3. The van der Waals surface area contributed by atoms with E-state index in [1.54, 1.807) is 0 Å². The lowest BCUT2D eigenvalue weighted by atomic mass is 10.1. The van der Waals surface area contributed by atoms with Crippen LogP contribution in [0.25, 0.3) is 10.9 Å². The van der Waals surface area contributed by atoms with Gasteiger partial charge in [-0.3, -0.25) is 14.7 Å². The van der Waals surface area contributed by atoms with E-state index < -0.39 is 0 Å². The third-order valence-corrected chi connectivity index (χ3v) is 4.03. The van der Waals surface area contributed by atoms with E-state index in [0.717, 1.165) is 27.9 Å². The van der Waals surface area contributed by atoms with Crippen LogP contribution < -0.4 is 10.1 Å². The van der Waals surface area contributed by atoms with Crippen LogP contribution in [0.3, 0.4) is 0 Å². The monoisotopic (exact) mass is 313 g/mol.